The Bertz CT molecular complexity index is 2320. The van der Waals surface area contributed by atoms with Gasteiger partial charge in [-0.05, 0) is 57.0 Å². The standard InChI is InChI=1S/C42H29N5/c1-4-14-29(15-5-1)31-24-25-46-37(27-31)47(34-20-8-3-9-21-34)40(39(46)30-16-6-2-7-17-30)42-44-28-43-41(45-42)38-35-22-12-10-18-32(35)26-33-19-11-13-23-36(33)38/h1-24,26-28H,25H2. The topological polar surface area (TPSA) is 45.2 Å². The van der Waals surface area contributed by atoms with Gasteiger partial charge >= 0.3 is 0 Å². The summed E-state index contributed by atoms with van der Waals surface area (Å²) in [6, 6.07) is 50.8. The minimum absolute atomic E-state index is 0.617. The molecule has 0 unspecified atom stereocenters. The van der Waals surface area contributed by atoms with Crippen molar-refractivity contribution < 1.29 is 0 Å². The van der Waals surface area contributed by atoms with E-state index in [0.29, 0.717) is 18.2 Å². The minimum Gasteiger partial charge on any atom is -0.321 e. The number of benzene rings is 6. The van der Waals surface area contributed by atoms with Crippen LogP contribution < -0.4 is 4.90 Å². The normalized spacial score (nSPS) is 14.4. The number of rotatable bonds is 5. The van der Waals surface area contributed by atoms with E-state index in [4.69, 9.17) is 15.0 Å². The Labute approximate surface area is 273 Å². The molecule has 0 saturated carbocycles. The molecule has 5 heteroatoms. The van der Waals surface area contributed by atoms with Crippen LogP contribution in [0.1, 0.15) is 17.0 Å². The number of hydrogen-bond acceptors (Lipinski definition) is 5. The number of nitrogens with zero attached hydrogens (tertiary/aromatic N) is 5. The molecule has 0 saturated heterocycles. The number of allylic oxidation sites excluding steroid dienone is 2. The lowest BCUT2D eigenvalue weighted by Gasteiger charge is -2.30. The lowest BCUT2D eigenvalue weighted by atomic mass is 9.96. The van der Waals surface area contributed by atoms with Gasteiger partial charge in [0.05, 0.1) is 5.70 Å². The predicted molar refractivity (Wildman–Crippen MR) is 192 cm³/mol. The molecule has 0 aliphatic carbocycles. The van der Waals surface area contributed by atoms with Gasteiger partial charge in [-0.25, -0.2) is 15.0 Å². The van der Waals surface area contributed by atoms with Crippen LogP contribution in [0.3, 0.4) is 0 Å². The predicted octanol–water partition coefficient (Wildman–Crippen LogP) is 9.43. The highest BCUT2D eigenvalue weighted by Crippen LogP contribution is 2.47. The van der Waals surface area contributed by atoms with E-state index in [1.165, 1.54) is 11.1 Å². The van der Waals surface area contributed by atoms with Crippen LogP contribution in [0.25, 0.3) is 49.9 Å². The molecule has 2 aliphatic heterocycles. The Morgan fingerprint density at radius 3 is 1.79 bits per heavy atom. The number of anilines is 1. The van der Waals surface area contributed by atoms with Gasteiger partial charge in [0.25, 0.3) is 0 Å². The summed E-state index contributed by atoms with van der Waals surface area (Å²) < 4.78 is 0. The van der Waals surface area contributed by atoms with Crippen molar-refractivity contribution in [3.8, 4) is 11.4 Å². The summed E-state index contributed by atoms with van der Waals surface area (Å²) >= 11 is 0. The highest BCUT2D eigenvalue weighted by atomic mass is 15.4. The van der Waals surface area contributed by atoms with Crippen LogP contribution >= 0.6 is 0 Å². The van der Waals surface area contributed by atoms with Crippen molar-refractivity contribution in [3.63, 3.8) is 0 Å². The van der Waals surface area contributed by atoms with Crippen molar-refractivity contribution in [2.24, 2.45) is 0 Å². The number of aromatic nitrogens is 3. The molecule has 7 aromatic rings. The third-order valence-corrected chi connectivity index (χ3v) is 8.95. The van der Waals surface area contributed by atoms with Gasteiger partial charge in [0, 0.05) is 23.4 Å². The van der Waals surface area contributed by atoms with Crippen molar-refractivity contribution in [2.75, 3.05) is 11.4 Å². The van der Waals surface area contributed by atoms with Gasteiger partial charge in [-0.1, -0.05) is 133 Å². The first-order valence-corrected chi connectivity index (χ1v) is 15.8. The van der Waals surface area contributed by atoms with Gasteiger partial charge in [-0.15, -0.1) is 0 Å². The Morgan fingerprint density at radius 2 is 1.11 bits per heavy atom. The lowest BCUT2D eigenvalue weighted by molar-refractivity contribution is 0.548. The zero-order valence-corrected chi connectivity index (χ0v) is 25.5. The van der Waals surface area contributed by atoms with E-state index in [0.717, 1.165) is 55.6 Å². The van der Waals surface area contributed by atoms with Crippen molar-refractivity contribution >= 4 is 44.2 Å². The molecule has 0 radical (unpaired) electrons. The molecule has 0 spiro atoms. The average Bonchev–Trinajstić information content (AvgIpc) is 3.49. The lowest BCUT2D eigenvalue weighted by Crippen LogP contribution is -2.27. The largest absolute Gasteiger partial charge is 0.321 e. The maximum absolute atomic E-state index is 5.32. The Kier molecular flexibility index (Phi) is 6.46. The fraction of sp³-hybridized carbons (Fsp3) is 0.0238. The molecule has 6 aromatic carbocycles. The van der Waals surface area contributed by atoms with Gasteiger partial charge in [0.15, 0.2) is 11.6 Å². The summed E-state index contributed by atoms with van der Waals surface area (Å²) in [5, 5.41) is 4.54. The summed E-state index contributed by atoms with van der Waals surface area (Å²) in [6.07, 6.45) is 6.24. The van der Waals surface area contributed by atoms with E-state index in [9.17, 15) is 0 Å². The molecule has 1 aromatic heterocycles. The SMILES string of the molecule is C1=C(c2ccccc2)C=C2N(C1)C(c1ccccc1)=C(c1ncnc(-c3c4ccccc4cc4ccccc34)n1)N2c1ccccc1. The fourth-order valence-electron chi connectivity index (χ4n) is 6.85. The summed E-state index contributed by atoms with van der Waals surface area (Å²) in [5.41, 5.74) is 7.50. The molecule has 0 amide bonds. The first-order valence-electron chi connectivity index (χ1n) is 15.8. The second-order valence-corrected chi connectivity index (χ2v) is 11.7. The van der Waals surface area contributed by atoms with Gasteiger partial charge in [-0.3, -0.25) is 4.90 Å². The third kappa shape index (κ3) is 4.60. The third-order valence-electron chi connectivity index (χ3n) is 8.95. The van der Waals surface area contributed by atoms with Crippen molar-refractivity contribution in [1.29, 1.82) is 0 Å². The molecule has 2 aliphatic rings. The average molecular weight is 604 g/mol. The maximum Gasteiger partial charge on any atom is 0.182 e. The number of para-hydroxylation sites is 1. The molecule has 3 heterocycles. The van der Waals surface area contributed by atoms with Crippen molar-refractivity contribution in [1.82, 2.24) is 19.9 Å². The first kappa shape index (κ1) is 27.0. The zero-order chi connectivity index (χ0) is 31.2. The van der Waals surface area contributed by atoms with Crippen molar-refractivity contribution in [2.45, 2.75) is 0 Å². The molecule has 0 atom stereocenters. The summed E-state index contributed by atoms with van der Waals surface area (Å²) in [4.78, 5) is 19.7. The van der Waals surface area contributed by atoms with Crippen molar-refractivity contribution in [3.05, 3.63) is 187 Å². The zero-order valence-electron chi connectivity index (χ0n) is 25.5. The van der Waals surface area contributed by atoms with E-state index in [-0.39, 0.29) is 0 Å². The van der Waals surface area contributed by atoms with Crippen LogP contribution in [0.15, 0.2) is 170 Å². The molecule has 0 bridgehead atoms. The van der Waals surface area contributed by atoms with Crippen LogP contribution in [0, 0.1) is 0 Å². The van der Waals surface area contributed by atoms with Gasteiger partial charge in [0.2, 0.25) is 0 Å². The molecule has 0 fully saturated rings. The fourth-order valence-corrected chi connectivity index (χ4v) is 6.85. The van der Waals surface area contributed by atoms with Crippen LogP contribution in [0.4, 0.5) is 5.69 Å². The number of hydrogen-bond donors (Lipinski definition) is 0. The molecule has 0 N–H and O–H groups in total. The molecule has 47 heavy (non-hydrogen) atoms. The monoisotopic (exact) mass is 603 g/mol. The quantitative estimate of drug-likeness (QED) is 0.183. The van der Waals surface area contributed by atoms with Crippen LogP contribution in [-0.2, 0) is 0 Å². The van der Waals surface area contributed by atoms with E-state index < -0.39 is 0 Å². The van der Waals surface area contributed by atoms with Crippen LogP contribution in [0.2, 0.25) is 0 Å². The second kappa shape index (κ2) is 11.2. The summed E-state index contributed by atoms with van der Waals surface area (Å²) in [7, 11) is 0. The number of fused-ring (bicyclic) bond motifs is 3. The maximum atomic E-state index is 5.32. The molecule has 222 valence electrons. The van der Waals surface area contributed by atoms with Gasteiger partial charge < -0.3 is 4.90 Å². The minimum atomic E-state index is 0.617. The molecular weight excluding hydrogens is 574 g/mol. The van der Waals surface area contributed by atoms with Crippen LogP contribution in [-0.4, -0.2) is 26.4 Å². The Balaban J connectivity index is 1.30. The summed E-state index contributed by atoms with van der Waals surface area (Å²) in [5.74, 6) is 2.33. The van der Waals surface area contributed by atoms with E-state index in [1.807, 2.05) is 0 Å². The van der Waals surface area contributed by atoms with Crippen LogP contribution in [0.5, 0.6) is 0 Å². The highest BCUT2D eigenvalue weighted by molar-refractivity contribution is 6.11. The molecule has 5 nitrogen and oxygen atoms in total. The summed E-state index contributed by atoms with van der Waals surface area (Å²) in [6.45, 7) is 0.707. The van der Waals surface area contributed by atoms with Gasteiger partial charge in [-0.2, -0.15) is 0 Å². The van der Waals surface area contributed by atoms with E-state index >= 15 is 0 Å². The highest BCUT2D eigenvalue weighted by Gasteiger charge is 2.39. The Morgan fingerprint density at radius 1 is 0.532 bits per heavy atom. The van der Waals surface area contributed by atoms with Gasteiger partial charge in [0.1, 0.15) is 17.8 Å². The second-order valence-electron chi connectivity index (χ2n) is 11.7. The Hall–Kier alpha value is -6.33. The van der Waals surface area contributed by atoms with E-state index in [1.54, 1.807) is 6.33 Å². The smallest absolute Gasteiger partial charge is 0.182 e. The molecular formula is C42H29N5. The molecule has 9 rings (SSSR count). The first-order chi connectivity index (χ1) is 23.3. The van der Waals surface area contributed by atoms with E-state index in [2.05, 4.69) is 168 Å².